The molecular formula is C13H23ClN2O3. The van der Waals surface area contributed by atoms with Crippen LogP contribution in [0.5, 0.6) is 0 Å². The minimum absolute atomic E-state index is 0. The Hall–Kier alpha value is -0.360. The highest BCUT2D eigenvalue weighted by Gasteiger charge is 2.41. The normalized spacial score (nSPS) is 34.6. The van der Waals surface area contributed by atoms with Crippen molar-refractivity contribution in [2.75, 3.05) is 26.3 Å². The lowest BCUT2D eigenvalue weighted by atomic mass is 10.0. The van der Waals surface area contributed by atoms with E-state index < -0.39 is 0 Å². The van der Waals surface area contributed by atoms with Crippen LogP contribution < -0.4 is 10.6 Å². The number of carbonyl (C=O) groups is 1. The zero-order valence-corrected chi connectivity index (χ0v) is 11.9. The molecule has 0 aromatic rings. The number of halogens is 1. The zero-order chi connectivity index (χ0) is 12.4. The Bertz CT molecular complexity index is 298. The quantitative estimate of drug-likeness (QED) is 0.793. The average Bonchev–Trinajstić information content (AvgIpc) is 2.98. The second-order valence-electron chi connectivity index (χ2n) is 5.55. The number of carbonyl (C=O) groups excluding carboxylic acids is 1. The molecule has 0 aliphatic carbocycles. The first-order chi connectivity index (χ1) is 8.83. The van der Waals surface area contributed by atoms with Crippen molar-refractivity contribution >= 4 is 18.3 Å². The van der Waals surface area contributed by atoms with Crippen molar-refractivity contribution in [3.05, 3.63) is 0 Å². The molecule has 0 aromatic heterocycles. The molecule has 3 atom stereocenters. The van der Waals surface area contributed by atoms with Gasteiger partial charge in [-0.15, -0.1) is 12.4 Å². The van der Waals surface area contributed by atoms with Gasteiger partial charge in [-0.1, -0.05) is 0 Å². The predicted octanol–water partition coefficient (Wildman–Crippen LogP) is 0.470. The van der Waals surface area contributed by atoms with E-state index in [9.17, 15) is 4.79 Å². The minimum atomic E-state index is -0.243. The SMILES string of the molecule is Cl.O=C(NCC1CCOCC1)[C@@H]1C[C@H]2NCC[C@H]2O1. The highest BCUT2D eigenvalue weighted by atomic mass is 35.5. The van der Waals surface area contributed by atoms with E-state index in [4.69, 9.17) is 9.47 Å². The van der Waals surface area contributed by atoms with E-state index in [1.165, 1.54) is 0 Å². The predicted molar refractivity (Wildman–Crippen MR) is 73.5 cm³/mol. The Labute approximate surface area is 120 Å². The maximum Gasteiger partial charge on any atom is 0.249 e. The van der Waals surface area contributed by atoms with Gasteiger partial charge in [-0.25, -0.2) is 0 Å². The summed E-state index contributed by atoms with van der Waals surface area (Å²) >= 11 is 0. The third-order valence-electron chi connectivity index (χ3n) is 4.29. The van der Waals surface area contributed by atoms with E-state index in [-0.39, 0.29) is 30.5 Å². The standard InChI is InChI=1S/C13H22N2O3.ClH/c16-13(15-8-9-2-5-17-6-3-9)12-7-10-11(18-12)1-4-14-10;/h9-12,14H,1-8H2,(H,15,16);1H/t10-,11-,12+;/m1./s1. The third-order valence-corrected chi connectivity index (χ3v) is 4.29. The maximum absolute atomic E-state index is 12.0. The second kappa shape index (κ2) is 6.88. The van der Waals surface area contributed by atoms with E-state index >= 15 is 0 Å². The van der Waals surface area contributed by atoms with Crippen LogP contribution in [0.2, 0.25) is 0 Å². The van der Waals surface area contributed by atoms with Crippen LogP contribution in [0.15, 0.2) is 0 Å². The van der Waals surface area contributed by atoms with Gasteiger partial charge in [0.25, 0.3) is 0 Å². The monoisotopic (exact) mass is 290 g/mol. The van der Waals surface area contributed by atoms with E-state index in [1.54, 1.807) is 0 Å². The molecule has 0 spiro atoms. The van der Waals surface area contributed by atoms with E-state index in [0.29, 0.717) is 12.0 Å². The first-order valence-electron chi connectivity index (χ1n) is 7.07. The van der Waals surface area contributed by atoms with Crippen molar-refractivity contribution in [3.8, 4) is 0 Å². The van der Waals surface area contributed by atoms with Gasteiger partial charge in [0, 0.05) is 32.2 Å². The molecule has 3 saturated heterocycles. The van der Waals surface area contributed by atoms with Gasteiger partial charge >= 0.3 is 0 Å². The van der Waals surface area contributed by atoms with Crippen molar-refractivity contribution in [3.63, 3.8) is 0 Å². The fourth-order valence-corrected chi connectivity index (χ4v) is 3.12. The van der Waals surface area contributed by atoms with Gasteiger partial charge in [0.15, 0.2) is 0 Å². The first-order valence-corrected chi connectivity index (χ1v) is 7.07. The number of hydrogen-bond donors (Lipinski definition) is 2. The highest BCUT2D eigenvalue weighted by molar-refractivity contribution is 5.85. The molecule has 6 heteroatoms. The first kappa shape index (κ1) is 15.0. The summed E-state index contributed by atoms with van der Waals surface area (Å²) in [5.41, 5.74) is 0. The van der Waals surface area contributed by atoms with E-state index in [2.05, 4.69) is 10.6 Å². The van der Waals surface area contributed by atoms with Gasteiger partial charge in [-0.2, -0.15) is 0 Å². The molecule has 0 bridgehead atoms. The molecule has 0 radical (unpaired) electrons. The van der Waals surface area contributed by atoms with E-state index in [0.717, 1.165) is 52.0 Å². The number of rotatable bonds is 3. The van der Waals surface area contributed by atoms with Gasteiger partial charge in [0.2, 0.25) is 5.91 Å². The van der Waals surface area contributed by atoms with Crippen molar-refractivity contribution < 1.29 is 14.3 Å². The summed E-state index contributed by atoms with van der Waals surface area (Å²) < 4.78 is 11.1. The number of nitrogens with one attached hydrogen (secondary N) is 2. The molecular weight excluding hydrogens is 268 g/mol. The van der Waals surface area contributed by atoms with Crippen LogP contribution in [0.3, 0.4) is 0 Å². The van der Waals surface area contributed by atoms with Crippen molar-refractivity contribution in [1.82, 2.24) is 10.6 Å². The Morgan fingerprint density at radius 3 is 2.79 bits per heavy atom. The summed E-state index contributed by atoms with van der Waals surface area (Å²) in [6.07, 6.45) is 3.98. The van der Waals surface area contributed by atoms with Gasteiger partial charge in [-0.3, -0.25) is 4.79 Å². The Morgan fingerprint density at radius 2 is 2.05 bits per heavy atom. The molecule has 0 saturated carbocycles. The molecule has 1 amide bonds. The number of fused-ring (bicyclic) bond motifs is 1. The fraction of sp³-hybridized carbons (Fsp3) is 0.923. The molecule has 2 N–H and O–H groups in total. The summed E-state index contributed by atoms with van der Waals surface area (Å²) in [5.74, 6) is 0.638. The molecule has 0 aromatic carbocycles. The van der Waals surface area contributed by atoms with Crippen molar-refractivity contribution in [2.45, 2.75) is 43.9 Å². The van der Waals surface area contributed by atoms with Crippen molar-refractivity contribution in [2.24, 2.45) is 5.92 Å². The largest absolute Gasteiger partial charge is 0.381 e. The van der Waals surface area contributed by atoms with Crippen LogP contribution in [0.1, 0.15) is 25.7 Å². The Kier molecular flexibility index (Phi) is 5.45. The summed E-state index contributed by atoms with van der Waals surface area (Å²) in [6.45, 7) is 3.44. The summed E-state index contributed by atoms with van der Waals surface area (Å²) in [7, 11) is 0. The molecule has 19 heavy (non-hydrogen) atoms. The van der Waals surface area contributed by atoms with Crippen molar-refractivity contribution in [1.29, 1.82) is 0 Å². The Morgan fingerprint density at radius 1 is 1.26 bits per heavy atom. The lowest BCUT2D eigenvalue weighted by Crippen LogP contribution is -2.39. The fourth-order valence-electron chi connectivity index (χ4n) is 3.12. The molecule has 3 fully saturated rings. The van der Waals surface area contributed by atoms with Gasteiger partial charge in [-0.05, 0) is 31.7 Å². The molecule has 3 aliphatic heterocycles. The summed E-state index contributed by atoms with van der Waals surface area (Å²) in [5, 5.41) is 6.42. The second-order valence-corrected chi connectivity index (χ2v) is 5.55. The Balaban J connectivity index is 0.00000133. The maximum atomic E-state index is 12.0. The minimum Gasteiger partial charge on any atom is -0.381 e. The molecule has 0 unspecified atom stereocenters. The average molecular weight is 291 g/mol. The summed E-state index contributed by atoms with van der Waals surface area (Å²) in [6, 6.07) is 0.392. The lowest BCUT2D eigenvalue weighted by molar-refractivity contribution is -0.132. The van der Waals surface area contributed by atoms with Gasteiger partial charge in [0.1, 0.15) is 6.10 Å². The van der Waals surface area contributed by atoms with Crippen LogP contribution in [0.4, 0.5) is 0 Å². The number of ether oxygens (including phenoxy) is 2. The third kappa shape index (κ3) is 3.60. The van der Waals surface area contributed by atoms with Gasteiger partial charge < -0.3 is 20.1 Å². The molecule has 5 nitrogen and oxygen atoms in total. The van der Waals surface area contributed by atoms with Crippen LogP contribution in [-0.4, -0.2) is 50.5 Å². The smallest absolute Gasteiger partial charge is 0.249 e. The molecule has 3 aliphatic rings. The molecule has 110 valence electrons. The lowest BCUT2D eigenvalue weighted by Gasteiger charge is -2.23. The van der Waals surface area contributed by atoms with Crippen LogP contribution in [0, 0.1) is 5.92 Å². The van der Waals surface area contributed by atoms with E-state index in [1.807, 2.05) is 0 Å². The van der Waals surface area contributed by atoms with Gasteiger partial charge in [0.05, 0.1) is 6.10 Å². The number of hydrogen-bond acceptors (Lipinski definition) is 4. The zero-order valence-electron chi connectivity index (χ0n) is 11.1. The van der Waals surface area contributed by atoms with Crippen LogP contribution in [-0.2, 0) is 14.3 Å². The van der Waals surface area contributed by atoms with Crippen LogP contribution in [0.25, 0.3) is 0 Å². The molecule has 3 rings (SSSR count). The van der Waals surface area contributed by atoms with Crippen LogP contribution >= 0.6 is 12.4 Å². The number of amides is 1. The topological polar surface area (TPSA) is 59.6 Å². The highest BCUT2D eigenvalue weighted by Crippen LogP contribution is 2.26. The summed E-state index contributed by atoms with van der Waals surface area (Å²) in [4.78, 5) is 12.0. The molecule has 3 heterocycles.